The average molecular weight is 378 g/mol. The molecule has 0 radical (unpaired) electrons. The van der Waals surface area contributed by atoms with Crippen LogP contribution in [0, 0.1) is 0 Å². The van der Waals surface area contributed by atoms with Crippen LogP contribution >= 0.6 is 11.3 Å². The van der Waals surface area contributed by atoms with Crippen LogP contribution in [0.3, 0.4) is 0 Å². The van der Waals surface area contributed by atoms with Crippen molar-refractivity contribution in [2.75, 3.05) is 27.4 Å². The van der Waals surface area contributed by atoms with Crippen LogP contribution in [-0.4, -0.2) is 33.3 Å². The quantitative estimate of drug-likeness (QED) is 0.518. The van der Waals surface area contributed by atoms with Crippen molar-refractivity contribution in [1.82, 2.24) is 10.6 Å². The number of methoxy groups -OCH3 is 2. The molecule has 1 aromatic carbocycles. The summed E-state index contributed by atoms with van der Waals surface area (Å²) in [5.41, 5.74) is 2.22. The summed E-state index contributed by atoms with van der Waals surface area (Å²) >= 11 is 1.69. The Morgan fingerprint density at radius 1 is 1.08 bits per heavy atom. The SMILES string of the molecule is CCNC(=NCc1cc(OC)c(OCC)c(OC)c1)NCc1ccsc1. The smallest absolute Gasteiger partial charge is 0.203 e. The van der Waals surface area contributed by atoms with Crippen molar-refractivity contribution in [2.24, 2.45) is 4.99 Å². The molecule has 142 valence electrons. The Bertz CT molecular complexity index is 677. The maximum Gasteiger partial charge on any atom is 0.203 e. The highest BCUT2D eigenvalue weighted by Crippen LogP contribution is 2.38. The molecule has 6 nitrogen and oxygen atoms in total. The predicted molar refractivity (Wildman–Crippen MR) is 107 cm³/mol. The highest BCUT2D eigenvalue weighted by atomic mass is 32.1. The molecule has 2 aromatic rings. The van der Waals surface area contributed by atoms with Gasteiger partial charge in [0.1, 0.15) is 0 Å². The third kappa shape index (κ3) is 5.56. The summed E-state index contributed by atoms with van der Waals surface area (Å²) < 4.78 is 16.5. The van der Waals surface area contributed by atoms with E-state index in [-0.39, 0.29) is 0 Å². The molecule has 7 heteroatoms. The standard InChI is InChI=1S/C19H27N3O3S/c1-5-20-19(21-11-14-7-8-26-13-14)22-12-15-9-16(23-3)18(25-6-2)17(10-15)24-4/h7-10,13H,5-6,11-12H2,1-4H3,(H2,20,21,22). The number of aliphatic imine (C=N–C) groups is 1. The number of hydrogen-bond donors (Lipinski definition) is 2. The van der Waals surface area contributed by atoms with Gasteiger partial charge in [-0.05, 0) is 53.9 Å². The summed E-state index contributed by atoms with van der Waals surface area (Å²) in [4.78, 5) is 4.66. The van der Waals surface area contributed by atoms with Crippen molar-refractivity contribution >= 4 is 17.3 Å². The van der Waals surface area contributed by atoms with Crippen LogP contribution < -0.4 is 24.8 Å². The molecule has 0 atom stereocenters. The molecule has 0 aliphatic carbocycles. The highest BCUT2D eigenvalue weighted by molar-refractivity contribution is 7.07. The summed E-state index contributed by atoms with van der Waals surface area (Å²) in [5.74, 6) is 2.68. The zero-order valence-corrected chi connectivity index (χ0v) is 16.6. The van der Waals surface area contributed by atoms with E-state index < -0.39 is 0 Å². The Labute approximate surface area is 159 Å². The Morgan fingerprint density at radius 3 is 2.35 bits per heavy atom. The normalized spacial score (nSPS) is 11.2. The van der Waals surface area contributed by atoms with E-state index in [0.717, 1.165) is 24.6 Å². The molecule has 0 fully saturated rings. The molecule has 2 N–H and O–H groups in total. The number of nitrogens with zero attached hydrogens (tertiary/aromatic N) is 1. The summed E-state index contributed by atoms with van der Waals surface area (Å²) in [6, 6.07) is 5.96. The van der Waals surface area contributed by atoms with Crippen molar-refractivity contribution in [1.29, 1.82) is 0 Å². The average Bonchev–Trinajstić information content (AvgIpc) is 3.18. The summed E-state index contributed by atoms with van der Waals surface area (Å²) in [6.45, 7) is 6.56. The summed E-state index contributed by atoms with van der Waals surface area (Å²) in [7, 11) is 3.24. The Kier molecular flexibility index (Phi) is 8.08. The minimum absolute atomic E-state index is 0.498. The molecule has 0 aliphatic rings. The first kappa shape index (κ1) is 19.9. The van der Waals surface area contributed by atoms with Gasteiger partial charge >= 0.3 is 0 Å². The molecule has 0 amide bonds. The van der Waals surface area contributed by atoms with Crippen LogP contribution in [0.4, 0.5) is 0 Å². The molecule has 2 rings (SSSR count). The number of ether oxygens (including phenoxy) is 3. The lowest BCUT2D eigenvalue weighted by atomic mass is 10.2. The van der Waals surface area contributed by atoms with Gasteiger partial charge in [0.05, 0.1) is 27.4 Å². The van der Waals surface area contributed by atoms with Gasteiger partial charge in [-0.15, -0.1) is 0 Å². The Balaban J connectivity index is 2.14. The Morgan fingerprint density at radius 2 is 1.81 bits per heavy atom. The van der Waals surface area contributed by atoms with Crippen LogP contribution in [0.25, 0.3) is 0 Å². The maximum absolute atomic E-state index is 5.64. The number of benzene rings is 1. The Hall–Kier alpha value is -2.41. The van der Waals surface area contributed by atoms with E-state index in [9.17, 15) is 0 Å². The van der Waals surface area contributed by atoms with E-state index in [2.05, 4.69) is 32.5 Å². The lowest BCUT2D eigenvalue weighted by Gasteiger charge is -2.15. The van der Waals surface area contributed by atoms with Crippen LogP contribution in [0.15, 0.2) is 34.0 Å². The van der Waals surface area contributed by atoms with Crippen molar-refractivity contribution < 1.29 is 14.2 Å². The number of thiophene rings is 1. The fourth-order valence-corrected chi connectivity index (χ4v) is 3.07. The summed E-state index contributed by atoms with van der Waals surface area (Å²) in [5, 5.41) is 10.8. The van der Waals surface area contributed by atoms with Gasteiger partial charge in [0.2, 0.25) is 5.75 Å². The molecule has 1 aromatic heterocycles. The lowest BCUT2D eigenvalue weighted by Crippen LogP contribution is -2.36. The molecule has 0 saturated carbocycles. The first-order valence-electron chi connectivity index (χ1n) is 8.62. The van der Waals surface area contributed by atoms with Crippen LogP contribution in [-0.2, 0) is 13.1 Å². The van der Waals surface area contributed by atoms with Gasteiger partial charge < -0.3 is 24.8 Å². The molecule has 0 spiro atoms. The second kappa shape index (κ2) is 10.6. The van der Waals surface area contributed by atoms with E-state index in [1.165, 1.54) is 5.56 Å². The first-order chi connectivity index (χ1) is 12.7. The van der Waals surface area contributed by atoms with Gasteiger partial charge in [-0.1, -0.05) is 0 Å². The van der Waals surface area contributed by atoms with Gasteiger partial charge in [0, 0.05) is 13.1 Å². The minimum Gasteiger partial charge on any atom is -0.493 e. The van der Waals surface area contributed by atoms with Gasteiger partial charge in [0.25, 0.3) is 0 Å². The van der Waals surface area contributed by atoms with Crippen LogP contribution in [0.1, 0.15) is 25.0 Å². The van der Waals surface area contributed by atoms with Crippen molar-refractivity contribution in [3.8, 4) is 17.2 Å². The van der Waals surface area contributed by atoms with Gasteiger partial charge in [-0.2, -0.15) is 11.3 Å². The molecule has 0 bridgehead atoms. The third-order valence-electron chi connectivity index (χ3n) is 3.61. The zero-order valence-electron chi connectivity index (χ0n) is 15.8. The number of guanidine groups is 1. The first-order valence-corrected chi connectivity index (χ1v) is 9.57. The fourth-order valence-electron chi connectivity index (χ4n) is 2.40. The van der Waals surface area contributed by atoms with E-state index in [1.54, 1.807) is 25.6 Å². The topological polar surface area (TPSA) is 64.1 Å². The number of nitrogens with one attached hydrogen (secondary N) is 2. The molecular formula is C19H27N3O3S. The van der Waals surface area contributed by atoms with Crippen molar-refractivity contribution in [2.45, 2.75) is 26.9 Å². The van der Waals surface area contributed by atoms with E-state index >= 15 is 0 Å². The fraction of sp³-hybridized carbons (Fsp3) is 0.421. The largest absolute Gasteiger partial charge is 0.493 e. The number of hydrogen-bond acceptors (Lipinski definition) is 5. The highest BCUT2D eigenvalue weighted by Gasteiger charge is 2.13. The van der Waals surface area contributed by atoms with Gasteiger partial charge in [-0.25, -0.2) is 4.99 Å². The van der Waals surface area contributed by atoms with E-state index in [0.29, 0.717) is 30.4 Å². The maximum atomic E-state index is 5.64. The molecule has 1 heterocycles. The van der Waals surface area contributed by atoms with Crippen molar-refractivity contribution in [3.05, 3.63) is 40.1 Å². The summed E-state index contributed by atoms with van der Waals surface area (Å²) in [6.07, 6.45) is 0. The molecule has 0 aliphatic heterocycles. The third-order valence-corrected chi connectivity index (χ3v) is 4.35. The van der Waals surface area contributed by atoms with E-state index in [4.69, 9.17) is 14.2 Å². The lowest BCUT2D eigenvalue weighted by molar-refractivity contribution is 0.288. The molecule has 0 unspecified atom stereocenters. The van der Waals surface area contributed by atoms with Crippen LogP contribution in [0.2, 0.25) is 0 Å². The van der Waals surface area contributed by atoms with Crippen LogP contribution in [0.5, 0.6) is 17.2 Å². The predicted octanol–water partition coefficient (Wildman–Crippen LogP) is 3.42. The molecular weight excluding hydrogens is 350 g/mol. The molecule has 0 saturated heterocycles. The van der Waals surface area contributed by atoms with Gasteiger partial charge in [0.15, 0.2) is 17.5 Å². The minimum atomic E-state index is 0.498. The molecule has 26 heavy (non-hydrogen) atoms. The second-order valence-electron chi connectivity index (χ2n) is 5.44. The monoisotopic (exact) mass is 377 g/mol. The zero-order chi connectivity index (χ0) is 18.8. The van der Waals surface area contributed by atoms with Gasteiger partial charge in [-0.3, -0.25) is 0 Å². The van der Waals surface area contributed by atoms with Crippen molar-refractivity contribution in [3.63, 3.8) is 0 Å². The number of rotatable bonds is 9. The second-order valence-corrected chi connectivity index (χ2v) is 6.22. The van der Waals surface area contributed by atoms with E-state index in [1.807, 2.05) is 26.0 Å².